The lowest BCUT2D eigenvalue weighted by molar-refractivity contribution is -0.137. The number of hydrogen-bond donors (Lipinski definition) is 2. The summed E-state index contributed by atoms with van der Waals surface area (Å²) < 4.78 is 3.89. The van der Waals surface area contributed by atoms with Crippen LogP contribution < -0.4 is 5.73 Å². The number of amides is 2. The van der Waals surface area contributed by atoms with Gasteiger partial charge in [-0.25, -0.2) is 4.79 Å². The molecule has 0 bridgehead atoms. The Morgan fingerprint density at radius 1 is 1.30 bits per heavy atom. The fraction of sp³-hybridized carbons (Fsp3) is 0.615. The van der Waals surface area contributed by atoms with Crippen LogP contribution in [0.5, 0.6) is 0 Å². The Morgan fingerprint density at radius 2 is 1.85 bits per heavy atom. The molecule has 1 fully saturated rings. The van der Waals surface area contributed by atoms with E-state index in [1.54, 1.807) is 12.2 Å². The highest BCUT2D eigenvalue weighted by atomic mass is 16.5. The summed E-state index contributed by atoms with van der Waals surface area (Å²) in [6, 6.07) is 0. The number of primary amides is 1. The van der Waals surface area contributed by atoms with Gasteiger partial charge < -0.3 is 20.5 Å². The number of carboxylic acids is 1. The lowest BCUT2D eigenvalue weighted by Crippen LogP contribution is -2.25. The predicted molar refractivity (Wildman–Crippen MR) is 73.0 cm³/mol. The number of rotatable bonds is 5. The molecule has 1 aliphatic heterocycles. The van der Waals surface area contributed by atoms with E-state index < -0.39 is 12.1 Å². The van der Waals surface area contributed by atoms with E-state index in [1.807, 2.05) is 4.90 Å². The molecule has 0 aromatic heterocycles. The first-order chi connectivity index (χ1) is 9.47. The van der Waals surface area contributed by atoms with E-state index in [9.17, 15) is 14.4 Å². The van der Waals surface area contributed by atoms with Crippen molar-refractivity contribution in [3.63, 3.8) is 0 Å². The van der Waals surface area contributed by atoms with Crippen molar-refractivity contribution < 1.29 is 24.2 Å². The van der Waals surface area contributed by atoms with Gasteiger partial charge in [0.1, 0.15) is 0 Å². The number of hydrogen-bond acceptors (Lipinski definition) is 4. The molecule has 0 unspecified atom stereocenters. The van der Waals surface area contributed by atoms with Crippen LogP contribution in [0.3, 0.4) is 0 Å². The maximum Gasteiger partial charge on any atom is 0.404 e. The van der Waals surface area contributed by atoms with Crippen LogP contribution in [0.4, 0.5) is 4.79 Å². The second-order valence-electron chi connectivity index (χ2n) is 4.24. The van der Waals surface area contributed by atoms with E-state index in [0.29, 0.717) is 12.8 Å². The van der Waals surface area contributed by atoms with Gasteiger partial charge in [0.15, 0.2) is 0 Å². The summed E-state index contributed by atoms with van der Waals surface area (Å²) >= 11 is 0. The van der Waals surface area contributed by atoms with Gasteiger partial charge in [-0.05, 0) is 31.8 Å². The fourth-order valence-corrected chi connectivity index (χ4v) is 1.60. The minimum absolute atomic E-state index is 0.0582. The van der Waals surface area contributed by atoms with Crippen LogP contribution in [0.1, 0.15) is 32.1 Å². The summed E-state index contributed by atoms with van der Waals surface area (Å²) in [4.78, 5) is 32.9. The van der Waals surface area contributed by atoms with Gasteiger partial charge in [-0.1, -0.05) is 6.08 Å². The maximum absolute atomic E-state index is 11.5. The second-order valence-corrected chi connectivity index (χ2v) is 4.24. The first kappa shape index (κ1) is 17.9. The monoisotopic (exact) mass is 286 g/mol. The molecule has 0 spiro atoms. The van der Waals surface area contributed by atoms with Crippen LogP contribution >= 0.6 is 0 Å². The van der Waals surface area contributed by atoms with Crippen molar-refractivity contribution in [1.82, 2.24) is 4.90 Å². The number of aliphatic carboxylic acids is 1. The molecule has 1 saturated heterocycles. The normalized spacial score (nSPS) is 13.8. The topological polar surface area (TPSA) is 110 Å². The minimum Gasteiger partial charge on any atom is -0.481 e. The van der Waals surface area contributed by atoms with Gasteiger partial charge in [-0.2, -0.15) is 0 Å². The largest absolute Gasteiger partial charge is 0.481 e. The Hall–Kier alpha value is -2.05. The molecule has 0 aliphatic carbocycles. The van der Waals surface area contributed by atoms with Crippen molar-refractivity contribution >= 4 is 18.0 Å². The van der Waals surface area contributed by atoms with Crippen LogP contribution in [0, 0.1) is 0 Å². The maximum atomic E-state index is 11.5. The average molecular weight is 286 g/mol. The minimum atomic E-state index is -0.783. The van der Waals surface area contributed by atoms with Crippen LogP contribution in [0.15, 0.2) is 12.2 Å². The molecule has 114 valence electrons. The number of unbranched alkanes of at least 4 members (excludes halogenated alkanes) is 1. The Kier molecular flexibility index (Phi) is 9.72. The molecule has 0 atom stereocenters. The number of allylic oxidation sites excluding steroid dienone is 1. The van der Waals surface area contributed by atoms with Crippen molar-refractivity contribution in [1.29, 1.82) is 0 Å². The molecular formula is C13H22N2O5. The molecule has 1 heterocycles. The number of carbonyl (C=O) groups is 3. The number of carbonyl (C=O) groups excluding carboxylic acids is 2. The fourth-order valence-electron chi connectivity index (χ4n) is 1.60. The third kappa shape index (κ3) is 9.93. The van der Waals surface area contributed by atoms with Gasteiger partial charge >= 0.3 is 12.1 Å². The lowest BCUT2D eigenvalue weighted by Gasteiger charge is -2.11. The van der Waals surface area contributed by atoms with Gasteiger partial charge in [0.2, 0.25) is 5.91 Å². The molecular weight excluding hydrogens is 264 g/mol. The molecule has 0 aromatic rings. The van der Waals surface area contributed by atoms with E-state index in [2.05, 4.69) is 10.5 Å². The molecule has 0 aromatic carbocycles. The quantitative estimate of drug-likeness (QED) is 0.581. The van der Waals surface area contributed by atoms with Crippen LogP contribution in [-0.4, -0.2) is 48.2 Å². The van der Waals surface area contributed by atoms with Crippen molar-refractivity contribution in [3.05, 3.63) is 12.2 Å². The highest BCUT2D eigenvalue weighted by molar-refractivity contribution is 5.87. The standard InChI is InChI=1S/C11H17NO3.C2H5NO2/c13-10(12-8-4-5-9-12)6-2-1-3-7-11(14)15;1-5-2(3)4/h2,6H,1,3-5,7-9H2,(H,14,15);1H3,(H2,3,4)/b6-2+;. The Balaban J connectivity index is 0.000000621. The van der Waals surface area contributed by atoms with Crippen LogP contribution in [0.2, 0.25) is 0 Å². The molecule has 0 radical (unpaired) electrons. The summed E-state index contributed by atoms with van der Waals surface area (Å²) in [5.41, 5.74) is 4.43. The Labute approximate surface area is 118 Å². The number of nitrogens with zero attached hydrogens (tertiary/aromatic N) is 1. The average Bonchev–Trinajstić information content (AvgIpc) is 2.92. The third-order valence-electron chi connectivity index (χ3n) is 2.64. The van der Waals surface area contributed by atoms with Gasteiger partial charge in [-0.15, -0.1) is 0 Å². The summed E-state index contributed by atoms with van der Waals surface area (Å²) in [7, 11) is 1.22. The zero-order valence-corrected chi connectivity index (χ0v) is 11.7. The smallest absolute Gasteiger partial charge is 0.404 e. The van der Waals surface area contributed by atoms with Gasteiger partial charge in [0.05, 0.1) is 7.11 Å². The molecule has 1 rings (SSSR count). The van der Waals surface area contributed by atoms with Gasteiger partial charge in [0, 0.05) is 19.5 Å². The molecule has 0 saturated carbocycles. The molecule has 7 heteroatoms. The second kappa shape index (κ2) is 10.8. The number of ether oxygens (including phenoxy) is 1. The third-order valence-corrected chi connectivity index (χ3v) is 2.64. The summed E-state index contributed by atoms with van der Waals surface area (Å²) in [5.74, 6) is -0.725. The molecule has 20 heavy (non-hydrogen) atoms. The van der Waals surface area contributed by atoms with Crippen LogP contribution in [0.25, 0.3) is 0 Å². The van der Waals surface area contributed by atoms with Crippen molar-refractivity contribution in [2.75, 3.05) is 20.2 Å². The summed E-state index contributed by atoms with van der Waals surface area (Å²) in [6.45, 7) is 1.72. The van der Waals surface area contributed by atoms with E-state index in [1.165, 1.54) is 7.11 Å². The van der Waals surface area contributed by atoms with Crippen molar-refractivity contribution in [2.45, 2.75) is 32.1 Å². The SMILES string of the molecule is COC(N)=O.O=C(O)CCC/C=C/C(=O)N1CCCC1. The molecule has 1 aliphatic rings. The van der Waals surface area contributed by atoms with E-state index in [4.69, 9.17) is 5.11 Å². The Bertz CT molecular complexity index is 349. The van der Waals surface area contributed by atoms with Crippen molar-refractivity contribution in [2.24, 2.45) is 5.73 Å². The number of nitrogens with two attached hydrogens (primary N) is 1. The first-order valence-electron chi connectivity index (χ1n) is 6.48. The summed E-state index contributed by atoms with van der Waals surface area (Å²) in [6.07, 6.45) is 6.20. The zero-order valence-electron chi connectivity index (χ0n) is 11.7. The van der Waals surface area contributed by atoms with Crippen molar-refractivity contribution in [3.8, 4) is 0 Å². The summed E-state index contributed by atoms with van der Waals surface area (Å²) in [5, 5.41) is 8.40. The van der Waals surface area contributed by atoms with E-state index in [0.717, 1.165) is 25.9 Å². The number of likely N-dealkylation sites (tertiary alicyclic amines) is 1. The number of carboxylic acid groups (broad SMARTS) is 1. The first-order valence-corrected chi connectivity index (χ1v) is 6.48. The Morgan fingerprint density at radius 3 is 2.30 bits per heavy atom. The van der Waals surface area contributed by atoms with Crippen LogP contribution in [-0.2, 0) is 14.3 Å². The molecule has 2 amide bonds. The highest BCUT2D eigenvalue weighted by Crippen LogP contribution is 2.08. The van der Waals surface area contributed by atoms with E-state index in [-0.39, 0.29) is 12.3 Å². The predicted octanol–water partition coefficient (Wildman–Crippen LogP) is 1.13. The highest BCUT2D eigenvalue weighted by Gasteiger charge is 2.14. The molecule has 7 nitrogen and oxygen atoms in total. The zero-order chi connectivity index (χ0) is 15.4. The van der Waals surface area contributed by atoms with Gasteiger partial charge in [-0.3, -0.25) is 9.59 Å². The van der Waals surface area contributed by atoms with E-state index >= 15 is 0 Å². The lowest BCUT2D eigenvalue weighted by atomic mass is 10.2. The molecule has 3 N–H and O–H groups in total. The number of methoxy groups -OCH3 is 1. The van der Waals surface area contributed by atoms with Gasteiger partial charge in [0.25, 0.3) is 0 Å².